The molecule has 0 saturated carbocycles. The molecular formula is C10H6ClF3N4. The Balaban J connectivity index is 2.43. The Labute approximate surface area is 105 Å². The highest BCUT2D eigenvalue weighted by Gasteiger charge is 2.14. The molecule has 4 nitrogen and oxygen atoms in total. The number of halogens is 4. The molecule has 18 heavy (non-hydrogen) atoms. The van der Waals surface area contributed by atoms with E-state index in [1.54, 1.807) is 0 Å². The van der Waals surface area contributed by atoms with Crippen LogP contribution in [0.1, 0.15) is 0 Å². The first-order chi connectivity index (χ1) is 8.49. The van der Waals surface area contributed by atoms with Crippen LogP contribution in [0.25, 0.3) is 0 Å². The van der Waals surface area contributed by atoms with Gasteiger partial charge in [0.2, 0.25) is 0 Å². The Morgan fingerprint density at radius 3 is 2.33 bits per heavy atom. The highest BCUT2D eigenvalue weighted by molar-refractivity contribution is 6.35. The number of aromatic nitrogens is 2. The van der Waals surface area contributed by atoms with Gasteiger partial charge in [-0.2, -0.15) is 0 Å². The molecular weight excluding hydrogens is 269 g/mol. The average Bonchev–Trinajstić information content (AvgIpc) is 2.28. The molecule has 0 saturated heterocycles. The van der Waals surface area contributed by atoms with E-state index in [0.717, 1.165) is 6.33 Å². The fourth-order valence-electron chi connectivity index (χ4n) is 1.25. The zero-order valence-electron chi connectivity index (χ0n) is 8.72. The molecule has 0 radical (unpaired) electrons. The highest BCUT2D eigenvalue weighted by Crippen LogP contribution is 2.29. The number of nitrogens with zero attached hydrogens (tertiary/aromatic N) is 2. The average molecular weight is 275 g/mol. The number of benzene rings is 1. The van der Waals surface area contributed by atoms with Gasteiger partial charge in [0.1, 0.15) is 28.7 Å². The Hall–Kier alpha value is -2.02. The molecule has 0 bridgehead atoms. The van der Waals surface area contributed by atoms with Gasteiger partial charge >= 0.3 is 0 Å². The topological polar surface area (TPSA) is 63.8 Å². The molecule has 1 aromatic heterocycles. The maximum atomic E-state index is 13.4. The molecule has 94 valence electrons. The summed E-state index contributed by atoms with van der Waals surface area (Å²) in [5.74, 6) is -3.36. The Morgan fingerprint density at radius 2 is 1.72 bits per heavy atom. The number of nitrogen functional groups attached to an aromatic ring is 1. The fraction of sp³-hybridized carbons (Fsp3) is 0. The van der Waals surface area contributed by atoms with Crippen LogP contribution in [0.3, 0.4) is 0 Å². The number of anilines is 3. The number of nitrogens with two attached hydrogens (primary N) is 1. The third kappa shape index (κ3) is 2.30. The minimum absolute atomic E-state index is 0.0444. The molecule has 0 atom stereocenters. The van der Waals surface area contributed by atoms with Gasteiger partial charge in [-0.25, -0.2) is 23.1 Å². The van der Waals surface area contributed by atoms with E-state index < -0.39 is 23.1 Å². The molecule has 0 aliphatic heterocycles. The molecule has 0 fully saturated rings. The van der Waals surface area contributed by atoms with Gasteiger partial charge in [-0.1, -0.05) is 11.6 Å². The molecule has 0 amide bonds. The number of rotatable bonds is 2. The van der Waals surface area contributed by atoms with Crippen LogP contribution < -0.4 is 11.1 Å². The summed E-state index contributed by atoms with van der Waals surface area (Å²) in [5, 5.41) is 2.21. The van der Waals surface area contributed by atoms with E-state index in [1.165, 1.54) is 0 Å². The largest absolute Gasteiger partial charge is 0.382 e. The Bertz CT molecular complexity index is 583. The second-order valence-electron chi connectivity index (χ2n) is 3.29. The summed E-state index contributed by atoms with van der Waals surface area (Å²) >= 11 is 5.75. The van der Waals surface area contributed by atoms with Crippen LogP contribution in [0.2, 0.25) is 5.02 Å². The molecule has 3 N–H and O–H groups in total. The van der Waals surface area contributed by atoms with Crippen molar-refractivity contribution in [2.45, 2.75) is 0 Å². The summed E-state index contributed by atoms with van der Waals surface area (Å²) in [6, 6.07) is 1.06. The van der Waals surface area contributed by atoms with Crippen molar-refractivity contribution in [2.24, 2.45) is 0 Å². The molecule has 2 aromatic rings. The lowest BCUT2D eigenvalue weighted by molar-refractivity contribution is 0.549. The van der Waals surface area contributed by atoms with Gasteiger partial charge in [0.15, 0.2) is 17.5 Å². The van der Waals surface area contributed by atoms with Crippen LogP contribution in [-0.2, 0) is 0 Å². The number of nitrogens with one attached hydrogen (secondary N) is 1. The van der Waals surface area contributed by atoms with Crippen LogP contribution in [0.5, 0.6) is 0 Å². The van der Waals surface area contributed by atoms with Crippen molar-refractivity contribution in [3.8, 4) is 0 Å². The lowest BCUT2D eigenvalue weighted by Crippen LogP contribution is -2.03. The van der Waals surface area contributed by atoms with Crippen molar-refractivity contribution in [3.05, 3.63) is 40.9 Å². The van der Waals surface area contributed by atoms with Crippen LogP contribution in [0, 0.1) is 17.5 Å². The van der Waals surface area contributed by atoms with Crippen molar-refractivity contribution in [2.75, 3.05) is 11.1 Å². The van der Waals surface area contributed by atoms with E-state index >= 15 is 0 Å². The van der Waals surface area contributed by atoms with Gasteiger partial charge in [0.25, 0.3) is 0 Å². The van der Waals surface area contributed by atoms with Gasteiger partial charge in [0.05, 0.1) is 0 Å². The molecule has 0 spiro atoms. The Kier molecular flexibility index (Phi) is 3.24. The van der Waals surface area contributed by atoms with Crippen LogP contribution >= 0.6 is 11.6 Å². The standard InChI is InChI=1S/C10H6ClF3N4/c11-7-9(15)16-3-17-10(7)18-8-5(13)1-4(12)2-6(8)14/h1-3H,(H3,15,16,17,18). The van der Waals surface area contributed by atoms with Crippen molar-refractivity contribution >= 4 is 28.9 Å². The van der Waals surface area contributed by atoms with Gasteiger partial charge in [-0.3, -0.25) is 0 Å². The van der Waals surface area contributed by atoms with Crippen molar-refractivity contribution in [3.63, 3.8) is 0 Å². The number of hydrogen-bond acceptors (Lipinski definition) is 4. The highest BCUT2D eigenvalue weighted by atomic mass is 35.5. The van der Waals surface area contributed by atoms with E-state index in [2.05, 4.69) is 15.3 Å². The first kappa shape index (κ1) is 12.4. The van der Waals surface area contributed by atoms with Gasteiger partial charge in [-0.05, 0) is 0 Å². The van der Waals surface area contributed by atoms with E-state index in [-0.39, 0.29) is 16.7 Å². The Morgan fingerprint density at radius 1 is 1.11 bits per heavy atom. The first-order valence-corrected chi connectivity index (χ1v) is 5.04. The summed E-state index contributed by atoms with van der Waals surface area (Å²) < 4.78 is 39.4. The lowest BCUT2D eigenvalue weighted by atomic mass is 10.2. The lowest BCUT2D eigenvalue weighted by Gasteiger charge is -2.09. The monoisotopic (exact) mass is 274 g/mol. The van der Waals surface area contributed by atoms with Gasteiger partial charge in [-0.15, -0.1) is 0 Å². The fourth-order valence-corrected chi connectivity index (χ4v) is 1.40. The second-order valence-corrected chi connectivity index (χ2v) is 3.67. The number of hydrogen-bond donors (Lipinski definition) is 2. The maximum Gasteiger partial charge on any atom is 0.154 e. The minimum Gasteiger partial charge on any atom is -0.382 e. The molecule has 2 rings (SSSR count). The summed E-state index contributed by atoms with van der Waals surface area (Å²) in [6.45, 7) is 0. The maximum absolute atomic E-state index is 13.4. The van der Waals surface area contributed by atoms with Crippen LogP contribution in [0.15, 0.2) is 18.5 Å². The van der Waals surface area contributed by atoms with E-state index in [9.17, 15) is 13.2 Å². The molecule has 0 aliphatic rings. The third-order valence-electron chi connectivity index (χ3n) is 2.07. The zero-order valence-corrected chi connectivity index (χ0v) is 9.47. The van der Waals surface area contributed by atoms with E-state index in [1.807, 2.05) is 0 Å². The van der Waals surface area contributed by atoms with Crippen LogP contribution in [0.4, 0.5) is 30.5 Å². The minimum atomic E-state index is -1.11. The molecule has 1 aromatic carbocycles. The molecule has 0 unspecified atom stereocenters. The molecule has 1 heterocycles. The zero-order chi connectivity index (χ0) is 13.3. The predicted molar refractivity (Wildman–Crippen MR) is 61.1 cm³/mol. The summed E-state index contributed by atoms with van der Waals surface area (Å²) in [6.07, 6.45) is 1.07. The molecule has 0 aliphatic carbocycles. The van der Waals surface area contributed by atoms with Crippen molar-refractivity contribution in [1.82, 2.24) is 9.97 Å². The second kappa shape index (κ2) is 4.69. The quantitative estimate of drug-likeness (QED) is 0.884. The SMILES string of the molecule is Nc1ncnc(Nc2c(F)cc(F)cc2F)c1Cl. The normalized spacial score (nSPS) is 10.4. The van der Waals surface area contributed by atoms with Gasteiger partial charge < -0.3 is 11.1 Å². The summed E-state index contributed by atoms with van der Waals surface area (Å²) in [7, 11) is 0. The van der Waals surface area contributed by atoms with Gasteiger partial charge in [0, 0.05) is 12.1 Å². The van der Waals surface area contributed by atoms with Crippen molar-refractivity contribution in [1.29, 1.82) is 0 Å². The molecule has 8 heteroatoms. The predicted octanol–water partition coefficient (Wildman–Crippen LogP) is 2.87. The smallest absolute Gasteiger partial charge is 0.154 e. The van der Waals surface area contributed by atoms with E-state index in [4.69, 9.17) is 17.3 Å². The summed E-state index contributed by atoms with van der Waals surface area (Å²) in [5.41, 5.74) is 4.83. The van der Waals surface area contributed by atoms with Crippen molar-refractivity contribution < 1.29 is 13.2 Å². The van der Waals surface area contributed by atoms with Crippen LogP contribution in [-0.4, -0.2) is 9.97 Å². The third-order valence-corrected chi connectivity index (χ3v) is 2.44. The first-order valence-electron chi connectivity index (χ1n) is 4.66. The van der Waals surface area contributed by atoms with E-state index in [0.29, 0.717) is 12.1 Å². The summed E-state index contributed by atoms with van der Waals surface area (Å²) in [4.78, 5) is 7.26.